The van der Waals surface area contributed by atoms with E-state index >= 15 is 0 Å². The molecule has 14 heavy (non-hydrogen) atoms. The normalized spacial score (nSPS) is 11.4. The van der Waals surface area contributed by atoms with Crippen LogP contribution >= 0.6 is 0 Å². The first-order chi connectivity index (χ1) is 6.65. The molecule has 0 aliphatic carbocycles. The Bertz CT molecular complexity index is 445. The Labute approximate surface area is 83.1 Å². The van der Waals surface area contributed by atoms with E-state index in [-0.39, 0.29) is 0 Å². The molecule has 0 fully saturated rings. The van der Waals surface area contributed by atoms with Crippen LogP contribution in [0.25, 0.3) is 11.0 Å². The minimum atomic E-state index is 0.773. The third kappa shape index (κ3) is 1.72. The summed E-state index contributed by atoms with van der Waals surface area (Å²) < 4.78 is 5.64. The van der Waals surface area contributed by atoms with Gasteiger partial charge in [0.1, 0.15) is 11.3 Å². The molecule has 3 nitrogen and oxygen atoms in total. The summed E-state index contributed by atoms with van der Waals surface area (Å²) in [5.74, 6) is 0.968. The monoisotopic (exact) mass is 190 g/mol. The molecule has 1 aromatic heterocycles. The molecule has 0 saturated heterocycles. The molecule has 0 bridgehead atoms. The van der Waals surface area contributed by atoms with Gasteiger partial charge >= 0.3 is 0 Å². The van der Waals surface area contributed by atoms with Crippen molar-refractivity contribution in [2.45, 2.75) is 6.54 Å². The summed E-state index contributed by atoms with van der Waals surface area (Å²) in [7, 11) is 4.03. The average molecular weight is 190 g/mol. The number of nitrogens with two attached hydrogens (primary N) is 1. The molecule has 0 radical (unpaired) electrons. The lowest BCUT2D eigenvalue weighted by atomic mass is 10.2. The second kappa shape index (κ2) is 3.35. The quantitative estimate of drug-likeness (QED) is 0.737. The van der Waals surface area contributed by atoms with Crippen LogP contribution in [0.15, 0.2) is 28.7 Å². The fourth-order valence-corrected chi connectivity index (χ4v) is 1.51. The predicted octanol–water partition coefficient (Wildman–Crippen LogP) is 2.08. The van der Waals surface area contributed by atoms with Gasteiger partial charge in [-0.15, -0.1) is 0 Å². The average Bonchev–Trinajstić information content (AvgIpc) is 2.44. The number of benzene rings is 1. The molecule has 1 aromatic carbocycles. The standard InChI is InChI=1S/C11H14N2O/c1-13(2)7-10-6-8-5-9(12)3-4-11(8)14-10/h3-6H,7,12H2,1-2H3. The maximum absolute atomic E-state index is 5.68. The molecule has 74 valence electrons. The van der Waals surface area contributed by atoms with E-state index in [0.717, 1.165) is 29.0 Å². The maximum atomic E-state index is 5.68. The Kier molecular flexibility index (Phi) is 2.17. The summed E-state index contributed by atoms with van der Waals surface area (Å²) >= 11 is 0. The highest BCUT2D eigenvalue weighted by atomic mass is 16.3. The topological polar surface area (TPSA) is 42.4 Å². The van der Waals surface area contributed by atoms with E-state index < -0.39 is 0 Å². The zero-order chi connectivity index (χ0) is 10.1. The van der Waals surface area contributed by atoms with Crippen molar-refractivity contribution >= 4 is 16.7 Å². The molecule has 1 heterocycles. The van der Waals surface area contributed by atoms with Gasteiger partial charge in [-0.3, -0.25) is 0 Å². The van der Waals surface area contributed by atoms with Crippen LogP contribution < -0.4 is 5.73 Å². The molecule has 0 aliphatic heterocycles. The number of rotatable bonds is 2. The number of fused-ring (bicyclic) bond motifs is 1. The maximum Gasteiger partial charge on any atom is 0.134 e. The van der Waals surface area contributed by atoms with Crippen LogP contribution in [0.1, 0.15) is 5.76 Å². The minimum absolute atomic E-state index is 0.773. The van der Waals surface area contributed by atoms with Gasteiger partial charge in [-0.1, -0.05) is 0 Å². The fourth-order valence-electron chi connectivity index (χ4n) is 1.51. The second-order valence-electron chi connectivity index (χ2n) is 3.75. The summed E-state index contributed by atoms with van der Waals surface area (Å²) in [5.41, 5.74) is 7.35. The van der Waals surface area contributed by atoms with Crippen LogP contribution in [-0.2, 0) is 6.54 Å². The van der Waals surface area contributed by atoms with E-state index in [9.17, 15) is 0 Å². The van der Waals surface area contributed by atoms with Crippen molar-refractivity contribution in [1.82, 2.24) is 4.90 Å². The molecule has 0 amide bonds. The van der Waals surface area contributed by atoms with E-state index in [1.165, 1.54) is 0 Å². The first-order valence-electron chi connectivity index (χ1n) is 4.58. The lowest BCUT2D eigenvalue weighted by Crippen LogP contribution is -2.09. The minimum Gasteiger partial charge on any atom is -0.460 e. The molecule has 0 spiro atoms. The van der Waals surface area contributed by atoms with E-state index in [0.29, 0.717) is 0 Å². The van der Waals surface area contributed by atoms with Crippen molar-refractivity contribution in [3.05, 3.63) is 30.0 Å². The molecule has 0 aliphatic rings. The highest BCUT2D eigenvalue weighted by Gasteiger charge is 2.04. The third-order valence-corrected chi connectivity index (χ3v) is 2.06. The summed E-state index contributed by atoms with van der Waals surface area (Å²) in [4.78, 5) is 2.07. The van der Waals surface area contributed by atoms with Gasteiger partial charge in [0.15, 0.2) is 0 Å². The van der Waals surface area contributed by atoms with Crippen molar-refractivity contribution < 1.29 is 4.42 Å². The third-order valence-electron chi connectivity index (χ3n) is 2.06. The zero-order valence-electron chi connectivity index (χ0n) is 8.45. The van der Waals surface area contributed by atoms with Crippen LogP contribution in [0.4, 0.5) is 5.69 Å². The Hall–Kier alpha value is -1.48. The molecule has 2 rings (SSSR count). The van der Waals surface area contributed by atoms with E-state index in [2.05, 4.69) is 4.90 Å². The summed E-state index contributed by atoms with van der Waals surface area (Å²) in [5, 5.41) is 1.07. The van der Waals surface area contributed by atoms with Gasteiger partial charge in [0.05, 0.1) is 6.54 Å². The van der Waals surface area contributed by atoms with E-state index in [1.807, 2.05) is 38.4 Å². The van der Waals surface area contributed by atoms with Crippen LogP contribution in [-0.4, -0.2) is 19.0 Å². The van der Waals surface area contributed by atoms with Crippen molar-refractivity contribution in [1.29, 1.82) is 0 Å². The SMILES string of the molecule is CN(C)Cc1cc2cc(N)ccc2o1. The molecular formula is C11H14N2O. The fraction of sp³-hybridized carbons (Fsp3) is 0.273. The second-order valence-corrected chi connectivity index (χ2v) is 3.75. The van der Waals surface area contributed by atoms with Crippen molar-refractivity contribution in [3.63, 3.8) is 0 Å². The lowest BCUT2D eigenvalue weighted by molar-refractivity contribution is 0.358. The molecule has 2 aromatic rings. The largest absolute Gasteiger partial charge is 0.460 e. The Morgan fingerprint density at radius 3 is 2.79 bits per heavy atom. The van der Waals surface area contributed by atoms with E-state index in [4.69, 9.17) is 10.2 Å². The number of anilines is 1. The van der Waals surface area contributed by atoms with Crippen molar-refractivity contribution in [2.24, 2.45) is 0 Å². The molecular weight excluding hydrogens is 176 g/mol. The van der Waals surface area contributed by atoms with Gasteiger partial charge in [-0.2, -0.15) is 0 Å². The first-order valence-corrected chi connectivity index (χ1v) is 4.58. The zero-order valence-corrected chi connectivity index (χ0v) is 8.45. The van der Waals surface area contributed by atoms with Crippen LogP contribution in [0.2, 0.25) is 0 Å². The van der Waals surface area contributed by atoms with Gasteiger partial charge in [0.25, 0.3) is 0 Å². The molecule has 2 N–H and O–H groups in total. The Balaban J connectivity index is 2.41. The van der Waals surface area contributed by atoms with Gasteiger partial charge in [-0.05, 0) is 38.4 Å². The summed E-state index contributed by atoms with van der Waals surface area (Å²) in [6, 6.07) is 7.72. The highest BCUT2D eigenvalue weighted by molar-refractivity contribution is 5.81. The summed E-state index contributed by atoms with van der Waals surface area (Å²) in [6.45, 7) is 0.814. The number of furan rings is 1. The van der Waals surface area contributed by atoms with Gasteiger partial charge in [-0.25, -0.2) is 0 Å². The number of hydrogen-bond donors (Lipinski definition) is 1. The number of nitrogens with zero attached hydrogens (tertiary/aromatic N) is 1. The lowest BCUT2D eigenvalue weighted by Gasteiger charge is -2.04. The Morgan fingerprint density at radius 2 is 2.07 bits per heavy atom. The highest BCUT2D eigenvalue weighted by Crippen LogP contribution is 2.22. The van der Waals surface area contributed by atoms with Gasteiger partial charge < -0.3 is 15.1 Å². The van der Waals surface area contributed by atoms with Crippen molar-refractivity contribution in [3.8, 4) is 0 Å². The first kappa shape index (κ1) is 9.09. The predicted molar refractivity (Wildman–Crippen MR) is 58.0 cm³/mol. The van der Waals surface area contributed by atoms with E-state index in [1.54, 1.807) is 0 Å². The molecule has 0 unspecified atom stereocenters. The smallest absolute Gasteiger partial charge is 0.134 e. The van der Waals surface area contributed by atoms with Crippen LogP contribution in [0.5, 0.6) is 0 Å². The number of hydrogen-bond acceptors (Lipinski definition) is 3. The van der Waals surface area contributed by atoms with Crippen molar-refractivity contribution in [2.75, 3.05) is 19.8 Å². The Morgan fingerprint density at radius 1 is 1.29 bits per heavy atom. The van der Waals surface area contributed by atoms with Gasteiger partial charge in [0.2, 0.25) is 0 Å². The molecule has 0 atom stereocenters. The molecule has 0 saturated carbocycles. The summed E-state index contributed by atoms with van der Waals surface area (Å²) in [6.07, 6.45) is 0. The van der Waals surface area contributed by atoms with Crippen LogP contribution in [0.3, 0.4) is 0 Å². The van der Waals surface area contributed by atoms with Crippen LogP contribution in [0, 0.1) is 0 Å². The number of nitrogen functional groups attached to an aromatic ring is 1. The molecule has 3 heteroatoms. The van der Waals surface area contributed by atoms with Gasteiger partial charge in [0, 0.05) is 11.1 Å².